The Bertz CT molecular complexity index is 527. The van der Waals surface area contributed by atoms with Gasteiger partial charge in [-0.3, -0.25) is 0 Å². The first-order chi connectivity index (χ1) is 8.35. The highest BCUT2D eigenvalue weighted by Crippen LogP contribution is 2.13. The number of hydrogen-bond acceptors (Lipinski definition) is 3. The predicted molar refractivity (Wildman–Crippen MR) is 70.4 cm³/mol. The van der Waals surface area contributed by atoms with E-state index in [1.807, 2.05) is 18.2 Å². The molecule has 0 aliphatic carbocycles. The highest BCUT2D eigenvalue weighted by atomic mass is 32.2. The predicted octanol–water partition coefficient (Wildman–Crippen LogP) is 2.08. The van der Waals surface area contributed by atoms with Gasteiger partial charge in [0.1, 0.15) is 6.04 Å². The van der Waals surface area contributed by atoms with E-state index in [9.17, 15) is 8.42 Å². The summed E-state index contributed by atoms with van der Waals surface area (Å²) < 4.78 is 26.0. The van der Waals surface area contributed by atoms with E-state index >= 15 is 0 Å². The molecule has 0 saturated carbocycles. The van der Waals surface area contributed by atoms with Gasteiger partial charge in [0.2, 0.25) is 10.0 Å². The van der Waals surface area contributed by atoms with Gasteiger partial charge in [0.15, 0.2) is 0 Å². The molecular formula is C13H18N2O2S. The lowest BCUT2D eigenvalue weighted by Crippen LogP contribution is -2.31. The molecule has 4 nitrogen and oxygen atoms in total. The van der Waals surface area contributed by atoms with Gasteiger partial charge in [-0.2, -0.15) is 9.98 Å². The molecule has 0 radical (unpaired) electrons. The maximum Gasteiger partial charge on any atom is 0.241 e. The zero-order chi connectivity index (χ0) is 13.8. The van der Waals surface area contributed by atoms with Crippen LogP contribution in [0.25, 0.3) is 0 Å². The molecule has 0 bridgehead atoms. The van der Waals surface area contributed by atoms with Crippen LogP contribution in [-0.4, -0.2) is 14.5 Å². The van der Waals surface area contributed by atoms with Gasteiger partial charge >= 0.3 is 0 Å². The van der Waals surface area contributed by atoms with Crippen LogP contribution >= 0.6 is 0 Å². The van der Waals surface area contributed by atoms with Gasteiger partial charge in [0.25, 0.3) is 0 Å². The first kappa shape index (κ1) is 14.7. The molecule has 5 heteroatoms. The van der Waals surface area contributed by atoms with Gasteiger partial charge in [-0.05, 0) is 37.0 Å². The van der Waals surface area contributed by atoms with Crippen LogP contribution < -0.4 is 4.72 Å². The minimum absolute atomic E-state index is 0.192. The van der Waals surface area contributed by atoms with Crippen LogP contribution in [0.5, 0.6) is 0 Å². The summed E-state index contributed by atoms with van der Waals surface area (Å²) in [5.41, 5.74) is 1.11. The summed E-state index contributed by atoms with van der Waals surface area (Å²) in [5, 5.41) is 8.61. The van der Waals surface area contributed by atoms with Gasteiger partial charge in [-0.1, -0.05) is 26.0 Å². The van der Waals surface area contributed by atoms with Gasteiger partial charge in [0.05, 0.1) is 11.0 Å². The van der Waals surface area contributed by atoms with Crippen molar-refractivity contribution in [2.75, 3.05) is 0 Å². The van der Waals surface area contributed by atoms with E-state index in [0.717, 1.165) is 12.0 Å². The molecule has 0 unspecified atom stereocenters. The van der Waals surface area contributed by atoms with Crippen molar-refractivity contribution in [3.05, 3.63) is 29.8 Å². The molecule has 0 amide bonds. The van der Waals surface area contributed by atoms with Crippen LogP contribution in [-0.2, 0) is 16.4 Å². The second kappa shape index (κ2) is 5.98. The Kier molecular flexibility index (Phi) is 4.88. The summed E-state index contributed by atoms with van der Waals surface area (Å²) in [4.78, 5) is 0.192. The zero-order valence-electron chi connectivity index (χ0n) is 10.8. The van der Waals surface area contributed by atoms with Crippen molar-refractivity contribution in [1.29, 1.82) is 5.26 Å². The Morgan fingerprint density at radius 3 is 2.22 bits per heavy atom. The number of benzene rings is 1. The maximum atomic E-state index is 11.9. The molecule has 1 rings (SSSR count). The molecule has 1 N–H and O–H groups in total. The Hall–Kier alpha value is -1.38. The smallest absolute Gasteiger partial charge is 0.207 e. The summed E-state index contributed by atoms with van der Waals surface area (Å²) in [5.74, 6) is 0.532. The monoisotopic (exact) mass is 266 g/mol. The molecule has 0 aliphatic rings. The first-order valence-electron chi connectivity index (χ1n) is 5.86. The Morgan fingerprint density at radius 2 is 1.78 bits per heavy atom. The lowest BCUT2D eigenvalue weighted by Gasteiger charge is -2.09. The summed E-state index contributed by atoms with van der Waals surface area (Å²) in [6, 6.07) is 7.88. The molecule has 0 saturated heterocycles. The van der Waals surface area contributed by atoms with Crippen molar-refractivity contribution in [3.63, 3.8) is 0 Å². The van der Waals surface area contributed by atoms with Gasteiger partial charge in [0, 0.05) is 0 Å². The fourth-order valence-electron chi connectivity index (χ4n) is 1.60. The lowest BCUT2D eigenvalue weighted by atomic mass is 10.0. The average molecular weight is 266 g/mol. The summed E-state index contributed by atoms with van der Waals surface area (Å²) in [6.45, 7) is 5.73. The second-order valence-electron chi connectivity index (χ2n) is 4.71. The number of hydrogen-bond donors (Lipinski definition) is 1. The van der Waals surface area contributed by atoms with Crippen LogP contribution in [0.4, 0.5) is 0 Å². The standard InChI is InChI=1S/C13H18N2O2S/c1-10(2)8-12-4-6-13(7-5-12)18(16,17)15-11(3)9-14/h4-7,10-11,15H,8H2,1-3H3/t11-/m1/s1. The van der Waals surface area contributed by atoms with Crippen LogP contribution in [0.2, 0.25) is 0 Å². The molecule has 0 spiro atoms. The van der Waals surface area contributed by atoms with Crippen LogP contribution in [0.3, 0.4) is 0 Å². The molecular weight excluding hydrogens is 248 g/mol. The van der Waals surface area contributed by atoms with Crippen molar-refractivity contribution in [3.8, 4) is 6.07 Å². The Labute approximate surface area is 109 Å². The third kappa shape index (κ3) is 4.13. The highest BCUT2D eigenvalue weighted by molar-refractivity contribution is 7.89. The summed E-state index contributed by atoms with van der Waals surface area (Å²) in [7, 11) is -3.59. The van der Waals surface area contributed by atoms with Crippen molar-refractivity contribution in [2.24, 2.45) is 5.92 Å². The van der Waals surface area contributed by atoms with Crippen molar-refractivity contribution >= 4 is 10.0 Å². The third-order valence-electron chi connectivity index (χ3n) is 2.40. The quantitative estimate of drug-likeness (QED) is 0.887. The Morgan fingerprint density at radius 1 is 1.22 bits per heavy atom. The topological polar surface area (TPSA) is 70.0 Å². The number of nitriles is 1. The first-order valence-corrected chi connectivity index (χ1v) is 7.34. The van der Waals surface area contributed by atoms with Gasteiger partial charge in [-0.25, -0.2) is 8.42 Å². The fourth-order valence-corrected chi connectivity index (χ4v) is 2.75. The van der Waals surface area contributed by atoms with E-state index in [0.29, 0.717) is 5.92 Å². The molecule has 1 atom stereocenters. The van der Waals surface area contributed by atoms with Crippen molar-refractivity contribution in [1.82, 2.24) is 4.72 Å². The summed E-state index contributed by atoms with van der Waals surface area (Å²) in [6.07, 6.45) is 0.919. The van der Waals surface area contributed by atoms with Crippen molar-refractivity contribution < 1.29 is 8.42 Å². The maximum absolute atomic E-state index is 11.9. The van der Waals surface area contributed by atoms with Gasteiger partial charge < -0.3 is 0 Å². The van der Waals surface area contributed by atoms with Crippen LogP contribution in [0.1, 0.15) is 26.3 Å². The molecule has 1 aromatic carbocycles. The van der Waals surface area contributed by atoms with Crippen molar-refractivity contribution in [2.45, 2.75) is 38.1 Å². The largest absolute Gasteiger partial charge is 0.241 e. The summed E-state index contributed by atoms with van der Waals surface area (Å²) >= 11 is 0. The van der Waals surface area contributed by atoms with E-state index in [2.05, 4.69) is 18.6 Å². The van der Waals surface area contributed by atoms with Crippen LogP contribution in [0, 0.1) is 17.2 Å². The Balaban J connectivity index is 2.88. The van der Waals surface area contributed by atoms with E-state index in [1.165, 1.54) is 6.92 Å². The molecule has 98 valence electrons. The minimum Gasteiger partial charge on any atom is -0.207 e. The molecule has 0 aromatic heterocycles. The van der Waals surface area contributed by atoms with E-state index in [-0.39, 0.29) is 4.90 Å². The number of nitrogens with one attached hydrogen (secondary N) is 1. The molecule has 0 fully saturated rings. The molecule has 0 aliphatic heterocycles. The fraction of sp³-hybridized carbons (Fsp3) is 0.462. The average Bonchev–Trinajstić information content (AvgIpc) is 2.28. The van der Waals surface area contributed by atoms with Crippen LogP contribution in [0.15, 0.2) is 29.2 Å². The number of sulfonamides is 1. The number of rotatable bonds is 5. The normalized spacial score (nSPS) is 13.3. The third-order valence-corrected chi connectivity index (χ3v) is 3.96. The lowest BCUT2D eigenvalue weighted by molar-refractivity contribution is 0.577. The van der Waals surface area contributed by atoms with E-state index in [1.54, 1.807) is 12.1 Å². The van der Waals surface area contributed by atoms with Gasteiger partial charge in [-0.15, -0.1) is 0 Å². The van der Waals surface area contributed by atoms with E-state index in [4.69, 9.17) is 5.26 Å². The van der Waals surface area contributed by atoms with E-state index < -0.39 is 16.1 Å². The zero-order valence-corrected chi connectivity index (χ0v) is 11.7. The molecule has 1 aromatic rings. The second-order valence-corrected chi connectivity index (χ2v) is 6.43. The number of nitrogens with zero attached hydrogens (tertiary/aromatic N) is 1. The SMILES string of the molecule is CC(C)Cc1ccc(S(=O)(=O)N[C@H](C)C#N)cc1. The molecule has 0 heterocycles. The molecule has 18 heavy (non-hydrogen) atoms. The highest BCUT2D eigenvalue weighted by Gasteiger charge is 2.16. The minimum atomic E-state index is -3.59.